The standard InChI is InChI=1S/C17H20Cl2N4O4S/c1-8-12(18)13(19)14(21-8)15(24)22-9-4-5-23(7-10(9)26-2)17-20-6-11(28-17)16(25)27-3/h6,9-10,21H,4-5,7H2,1-3H3,(H,22,24). The van der Waals surface area contributed by atoms with Gasteiger partial charge in [0, 0.05) is 25.9 Å². The number of H-pyrrole nitrogens is 1. The number of aromatic amines is 1. The van der Waals surface area contributed by atoms with Crippen molar-refractivity contribution in [3.63, 3.8) is 0 Å². The lowest BCUT2D eigenvalue weighted by atomic mass is 10.0. The van der Waals surface area contributed by atoms with E-state index in [4.69, 9.17) is 32.7 Å². The second-order valence-corrected chi connectivity index (χ2v) is 8.11. The van der Waals surface area contributed by atoms with E-state index in [1.54, 1.807) is 14.0 Å². The number of thiazole rings is 1. The Morgan fingerprint density at radius 1 is 1.36 bits per heavy atom. The molecule has 152 valence electrons. The number of nitrogens with one attached hydrogen (secondary N) is 2. The number of rotatable bonds is 5. The highest BCUT2D eigenvalue weighted by Crippen LogP contribution is 2.30. The van der Waals surface area contributed by atoms with Crippen LogP contribution in [0.2, 0.25) is 10.0 Å². The van der Waals surface area contributed by atoms with E-state index in [9.17, 15) is 9.59 Å². The zero-order chi connectivity index (χ0) is 20.4. The SMILES string of the molecule is COC(=O)c1cnc(N2CCC(NC(=O)c3[nH]c(C)c(Cl)c3Cl)C(OC)C2)s1. The highest BCUT2D eigenvalue weighted by molar-refractivity contribution is 7.17. The molecule has 2 aromatic rings. The molecular formula is C17H20Cl2N4O4S. The van der Waals surface area contributed by atoms with Gasteiger partial charge >= 0.3 is 5.97 Å². The molecule has 1 fully saturated rings. The van der Waals surface area contributed by atoms with Gasteiger partial charge in [0.05, 0.1) is 35.5 Å². The van der Waals surface area contributed by atoms with Gasteiger partial charge in [0.25, 0.3) is 5.91 Å². The first-order chi connectivity index (χ1) is 13.3. The van der Waals surface area contributed by atoms with Crippen LogP contribution in [-0.4, -0.2) is 61.3 Å². The van der Waals surface area contributed by atoms with Crippen molar-refractivity contribution < 1.29 is 19.1 Å². The van der Waals surface area contributed by atoms with Crippen molar-refractivity contribution in [2.24, 2.45) is 0 Å². The first-order valence-electron chi connectivity index (χ1n) is 8.52. The van der Waals surface area contributed by atoms with Crippen molar-refractivity contribution >= 4 is 51.5 Å². The van der Waals surface area contributed by atoms with Crippen LogP contribution >= 0.6 is 34.5 Å². The van der Waals surface area contributed by atoms with E-state index in [0.717, 1.165) is 0 Å². The number of methoxy groups -OCH3 is 2. The van der Waals surface area contributed by atoms with Gasteiger partial charge in [0.15, 0.2) is 5.13 Å². The van der Waals surface area contributed by atoms with E-state index in [2.05, 4.69) is 15.3 Å². The molecule has 3 rings (SSSR count). The topological polar surface area (TPSA) is 96.5 Å². The van der Waals surface area contributed by atoms with Gasteiger partial charge in [-0.05, 0) is 13.3 Å². The second kappa shape index (κ2) is 8.69. The summed E-state index contributed by atoms with van der Waals surface area (Å²) < 4.78 is 10.3. The molecule has 0 radical (unpaired) electrons. The minimum atomic E-state index is -0.411. The van der Waals surface area contributed by atoms with Crippen molar-refractivity contribution in [2.75, 3.05) is 32.2 Å². The molecule has 1 aliphatic heterocycles. The fourth-order valence-electron chi connectivity index (χ4n) is 3.07. The number of halogens is 2. The number of piperidine rings is 1. The first-order valence-corrected chi connectivity index (χ1v) is 10.1. The van der Waals surface area contributed by atoms with Crippen LogP contribution in [0, 0.1) is 6.92 Å². The number of amides is 1. The average Bonchev–Trinajstić information content (AvgIpc) is 3.29. The van der Waals surface area contributed by atoms with Gasteiger partial charge in [-0.1, -0.05) is 34.5 Å². The lowest BCUT2D eigenvalue weighted by molar-refractivity contribution is 0.0540. The second-order valence-electron chi connectivity index (χ2n) is 6.34. The van der Waals surface area contributed by atoms with E-state index in [1.165, 1.54) is 24.6 Å². The monoisotopic (exact) mass is 446 g/mol. The highest BCUT2D eigenvalue weighted by atomic mass is 35.5. The van der Waals surface area contributed by atoms with E-state index in [0.29, 0.717) is 40.2 Å². The average molecular weight is 447 g/mol. The third-order valence-corrected chi connectivity index (χ3v) is 6.60. The summed E-state index contributed by atoms with van der Waals surface area (Å²) in [5.74, 6) is -0.742. The third-order valence-electron chi connectivity index (χ3n) is 4.61. The highest BCUT2D eigenvalue weighted by Gasteiger charge is 2.33. The summed E-state index contributed by atoms with van der Waals surface area (Å²) in [5.41, 5.74) is 0.879. The smallest absolute Gasteiger partial charge is 0.349 e. The normalized spacial score (nSPS) is 19.5. The fourth-order valence-corrected chi connectivity index (χ4v) is 4.35. The number of aryl methyl sites for hydroxylation is 1. The Kier molecular flexibility index (Phi) is 6.49. The minimum absolute atomic E-state index is 0.202. The van der Waals surface area contributed by atoms with Crippen molar-refractivity contribution in [3.05, 3.63) is 32.5 Å². The van der Waals surface area contributed by atoms with Gasteiger partial charge < -0.3 is 24.7 Å². The summed E-state index contributed by atoms with van der Waals surface area (Å²) in [4.78, 5) is 33.9. The summed E-state index contributed by atoms with van der Waals surface area (Å²) in [6, 6.07) is -0.202. The molecule has 2 unspecified atom stereocenters. The minimum Gasteiger partial charge on any atom is -0.465 e. The zero-order valence-corrected chi connectivity index (χ0v) is 17.9. The number of anilines is 1. The van der Waals surface area contributed by atoms with Crippen LogP contribution in [-0.2, 0) is 9.47 Å². The molecule has 0 bridgehead atoms. The maximum absolute atomic E-state index is 12.6. The quantitative estimate of drug-likeness (QED) is 0.685. The maximum Gasteiger partial charge on any atom is 0.349 e. The molecule has 3 heterocycles. The number of ether oxygens (including phenoxy) is 2. The number of carbonyl (C=O) groups is 2. The van der Waals surface area contributed by atoms with Crippen LogP contribution in [0.4, 0.5) is 5.13 Å². The summed E-state index contributed by atoms with van der Waals surface area (Å²) in [5, 5.41) is 4.23. The maximum atomic E-state index is 12.6. The summed E-state index contributed by atoms with van der Waals surface area (Å²) in [6.07, 6.45) is 1.89. The van der Waals surface area contributed by atoms with E-state index in [-0.39, 0.29) is 28.8 Å². The molecule has 0 aliphatic carbocycles. The molecular weight excluding hydrogens is 427 g/mol. The fraction of sp³-hybridized carbons (Fsp3) is 0.471. The van der Waals surface area contributed by atoms with Crippen molar-refractivity contribution in [1.29, 1.82) is 0 Å². The number of carbonyl (C=O) groups excluding carboxylic acids is 2. The van der Waals surface area contributed by atoms with E-state index < -0.39 is 5.97 Å². The molecule has 28 heavy (non-hydrogen) atoms. The Balaban J connectivity index is 1.67. The largest absolute Gasteiger partial charge is 0.465 e. The molecule has 0 aromatic carbocycles. The Morgan fingerprint density at radius 2 is 2.11 bits per heavy atom. The van der Waals surface area contributed by atoms with Gasteiger partial charge in [-0.25, -0.2) is 9.78 Å². The van der Waals surface area contributed by atoms with Crippen LogP contribution in [0.15, 0.2) is 6.20 Å². The molecule has 2 atom stereocenters. The third kappa shape index (κ3) is 4.12. The van der Waals surface area contributed by atoms with Crippen molar-refractivity contribution in [3.8, 4) is 0 Å². The number of hydrogen-bond acceptors (Lipinski definition) is 7. The molecule has 11 heteroatoms. The van der Waals surface area contributed by atoms with Crippen LogP contribution in [0.25, 0.3) is 0 Å². The first kappa shape index (κ1) is 20.9. The van der Waals surface area contributed by atoms with Crippen LogP contribution < -0.4 is 10.2 Å². The molecule has 1 aliphatic rings. The number of hydrogen-bond donors (Lipinski definition) is 2. The van der Waals surface area contributed by atoms with Crippen LogP contribution in [0.1, 0.15) is 32.3 Å². The molecule has 2 aromatic heterocycles. The summed E-state index contributed by atoms with van der Waals surface area (Å²) in [7, 11) is 2.93. The summed E-state index contributed by atoms with van der Waals surface area (Å²) in [6.45, 7) is 2.92. The van der Waals surface area contributed by atoms with Crippen LogP contribution in [0.5, 0.6) is 0 Å². The number of esters is 1. The van der Waals surface area contributed by atoms with Gasteiger partial charge in [0.2, 0.25) is 0 Å². The predicted molar refractivity (Wildman–Crippen MR) is 108 cm³/mol. The molecule has 1 saturated heterocycles. The van der Waals surface area contributed by atoms with Crippen LogP contribution in [0.3, 0.4) is 0 Å². The molecule has 1 amide bonds. The Bertz CT molecular complexity index is 885. The number of aromatic nitrogens is 2. The van der Waals surface area contributed by atoms with E-state index >= 15 is 0 Å². The van der Waals surface area contributed by atoms with Gasteiger partial charge in [0.1, 0.15) is 10.6 Å². The summed E-state index contributed by atoms with van der Waals surface area (Å²) >= 11 is 13.4. The van der Waals surface area contributed by atoms with E-state index in [1.807, 2.05) is 4.90 Å². The Morgan fingerprint density at radius 3 is 2.71 bits per heavy atom. The van der Waals surface area contributed by atoms with Gasteiger partial charge in [-0.2, -0.15) is 0 Å². The molecule has 0 saturated carbocycles. The molecule has 2 N–H and O–H groups in total. The lowest BCUT2D eigenvalue weighted by Crippen LogP contribution is -2.55. The predicted octanol–water partition coefficient (Wildman–Crippen LogP) is 2.90. The Labute approximate surface area is 176 Å². The lowest BCUT2D eigenvalue weighted by Gasteiger charge is -2.37. The van der Waals surface area contributed by atoms with Crippen molar-refractivity contribution in [1.82, 2.24) is 15.3 Å². The molecule has 0 spiro atoms. The van der Waals surface area contributed by atoms with Gasteiger partial charge in [-0.3, -0.25) is 4.79 Å². The zero-order valence-electron chi connectivity index (χ0n) is 15.5. The molecule has 8 nitrogen and oxygen atoms in total. The number of nitrogens with zero attached hydrogens (tertiary/aromatic N) is 2. The van der Waals surface area contributed by atoms with Gasteiger partial charge in [-0.15, -0.1) is 0 Å². The van der Waals surface area contributed by atoms with Crippen molar-refractivity contribution in [2.45, 2.75) is 25.5 Å². The Hall–Kier alpha value is -1.81.